The van der Waals surface area contributed by atoms with Gasteiger partial charge in [0.15, 0.2) is 0 Å². The minimum Gasteiger partial charge on any atom is -0.508 e. The summed E-state index contributed by atoms with van der Waals surface area (Å²) in [5.41, 5.74) is -0.139. The maximum Gasteiger partial charge on any atom is 0.258 e. The Morgan fingerprint density at radius 1 is 1.31 bits per heavy atom. The number of phenols is 1. The number of nitrogens with zero attached hydrogens (tertiary/aromatic N) is 1. The molecule has 0 unspecified atom stereocenters. The molecule has 0 aliphatic rings. The van der Waals surface area contributed by atoms with Crippen LogP contribution in [-0.4, -0.2) is 30.8 Å². The average Bonchev–Trinajstić information content (AvgIpc) is 2.28. The average molecular weight is 223 g/mol. The zero-order valence-corrected chi connectivity index (χ0v) is 10.0. The number of methoxy groups -OCH3 is 1. The van der Waals surface area contributed by atoms with E-state index in [1.54, 1.807) is 45.2 Å². The Morgan fingerprint density at radius 2 is 1.81 bits per heavy atom. The predicted molar refractivity (Wildman–Crippen MR) is 62.6 cm³/mol. The van der Waals surface area contributed by atoms with Crippen molar-refractivity contribution in [2.75, 3.05) is 19.1 Å². The molecule has 1 aromatic carbocycles. The molecule has 0 saturated heterocycles. The first-order valence-electron chi connectivity index (χ1n) is 5.01. The van der Waals surface area contributed by atoms with E-state index in [-0.39, 0.29) is 11.7 Å². The van der Waals surface area contributed by atoms with Crippen LogP contribution >= 0.6 is 0 Å². The third-order valence-corrected chi connectivity index (χ3v) is 2.57. The van der Waals surface area contributed by atoms with Gasteiger partial charge in [-0.05, 0) is 38.1 Å². The van der Waals surface area contributed by atoms with Gasteiger partial charge in [-0.2, -0.15) is 0 Å². The molecule has 0 spiro atoms. The summed E-state index contributed by atoms with van der Waals surface area (Å²) in [6.07, 6.45) is 0. The molecular formula is C12H17NO3. The fourth-order valence-electron chi connectivity index (χ4n) is 1.28. The van der Waals surface area contributed by atoms with Gasteiger partial charge in [-0.25, -0.2) is 0 Å². The van der Waals surface area contributed by atoms with Crippen LogP contribution in [0.2, 0.25) is 0 Å². The molecule has 0 aliphatic carbocycles. The Hall–Kier alpha value is -1.55. The van der Waals surface area contributed by atoms with E-state index in [0.717, 1.165) is 0 Å². The Labute approximate surface area is 95.5 Å². The van der Waals surface area contributed by atoms with Crippen molar-refractivity contribution in [2.45, 2.75) is 19.4 Å². The van der Waals surface area contributed by atoms with Crippen molar-refractivity contribution < 1.29 is 14.6 Å². The van der Waals surface area contributed by atoms with Crippen molar-refractivity contribution in [3.8, 4) is 5.75 Å². The standard InChI is InChI=1S/C12H17NO3/c1-12(2,16-4)11(15)13(3)9-5-7-10(14)8-6-9/h5-8,14H,1-4H3. The summed E-state index contributed by atoms with van der Waals surface area (Å²) in [6.45, 7) is 3.43. The van der Waals surface area contributed by atoms with Crippen LogP contribution in [0.25, 0.3) is 0 Å². The molecule has 0 radical (unpaired) electrons. The number of amides is 1. The van der Waals surface area contributed by atoms with Crippen LogP contribution in [0.5, 0.6) is 5.75 Å². The lowest BCUT2D eigenvalue weighted by Crippen LogP contribution is -2.44. The summed E-state index contributed by atoms with van der Waals surface area (Å²) in [5.74, 6) is 0.0382. The second-order valence-electron chi connectivity index (χ2n) is 4.10. The molecule has 0 atom stereocenters. The highest BCUT2D eigenvalue weighted by Gasteiger charge is 2.30. The third kappa shape index (κ3) is 2.52. The minimum atomic E-state index is -0.855. The van der Waals surface area contributed by atoms with Crippen LogP contribution in [0.3, 0.4) is 0 Å². The Balaban J connectivity index is 2.90. The zero-order chi connectivity index (χ0) is 12.3. The number of rotatable bonds is 3. The summed E-state index contributed by atoms with van der Waals surface area (Å²) in [7, 11) is 3.18. The van der Waals surface area contributed by atoms with E-state index in [9.17, 15) is 4.79 Å². The lowest BCUT2D eigenvalue weighted by molar-refractivity contribution is -0.136. The predicted octanol–water partition coefficient (Wildman–Crippen LogP) is 1.78. The number of phenolic OH excluding ortho intramolecular Hbond substituents is 1. The summed E-state index contributed by atoms with van der Waals surface area (Å²) >= 11 is 0. The van der Waals surface area contributed by atoms with Gasteiger partial charge in [-0.3, -0.25) is 4.79 Å². The first-order valence-corrected chi connectivity index (χ1v) is 5.01. The van der Waals surface area contributed by atoms with Crippen LogP contribution in [-0.2, 0) is 9.53 Å². The smallest absolute Gasteiger partial charge is 0.258 e. The number of hydrogen-bond donors (Lipinski definition) is 1. The van der Waals surface area contributed by atoms with E-state index in [1.165, 1.54) is 12.0 Å². The molecule has 0 aliphatic heterocycles. The Morgan fingerprint density at radius 3 is 2.25 bits per heavy atom. The molecule has 0 saturated carbocycles. The fraction of sp³-hybridized carbons (Fsp3) is 0.417. The molecule has 1 N–H and O–H groups in total. The van der Waals surface area contributed by atoms with Crippen molar-refractivity contribution in [2.24, 2.45) is 0 Å². The van der Waals surface area contributed by atoms with Crippen molar-refractivity contribution in [3.05, 3.63) is 24.3 Å². The highest BCUT2D eigenvalue weighted by molar-refractivity contribution is 5.98. The second kappa shape index (κ2) is 4.53. The zero-order valence-electron chi connectivity index (χ0n) is 10.0. The molecular weight excluding hydrogens is 206 g/mol. The fourth-order valence-corrected chi connectivity index (χ4v) is 1.28. The van der Waals surface area contributed by atoms with Gasteiger partial charge in [0.1, 0.15) is 11.4 Å². The summed E-state index contributed by atoms with van der Waals surface area (Å²) in [6, 6.07) is 6.44. The summed E-state index contributed by atoms with van der Waals surface area (Å²) in [4.78, 5) is 13.5. The van der Waals surface area contributed by atoms with Gasteiger partial charge < -0.3 is 14.7 Å². The largest absolute Gasteiger partial charge is 0.508 e. The number of benzene rings is 1. The van der Waals surface area contributed by atoms with Gasteiger partial charge in [0.05, 0.1) is 0 Å². The van der Waals surface area contributed by atoms with Crippen molar-refractivity contribution >= 4 is 11.6 Å². The van der Waals surface area contributed by atoms with Crippen LogP contribution < -0.4 is 4.90 Å². The molecule has 0 bridgehead atoms. The first kappa shape index (κ1) is 12.5. The molecule has 0 heterocycles. The van der Waals surface area contributed by atoms with E-state index in [2.05, 4.69) is 0 Å². The maximum absolute atomic E-state index is 12.0. The molecule has 0 fully saturated rings. The number of hydrogen-bond acceptors (Lipinski definition) is 3. The molecule has 1 aromatic rings. The molecule has 1 rings (SSSR count). The van der Waals surface area contributed by atoms with Crippen LogP contribution in [0.15, 0.2) is 24.3 Å². The number of anilines is 1. The molecule has 1 amide bonds. The monoisotopic (exact) mass is 223 g/mol. The number of likely N-dealkylation sites (N-methyl/N-ethyl adjacent to an activating group) is 1. The summed E-state index contributed by atoms with van der Waals surface area (Å²) < 4.78 is 5.13. The normalized spacial score (nSPS) is 11.2. The second-order valence-corrected chi connectivity index (χ2v) is 4.10. The van der Waals surface area contributed by atoms with E-state index < -0.39 is 5.60 Å². The Bertz CT molecular complexity index is 370. The van der Waals surface area contributed by atoms with Crippen molar-refractivity contribution in [3.63, 3.8) is 0 Å². The lowest BCUT2D eigenvalue weighted by Gasteiger charge is -2.28. The SMILES string of the molecule is COC(C)(C)C(=O)N(C)c1ccc(O)cc1. The lowest BCUT2D eigenvalue weighted by atomic mass is 10.1. The van der Waals surface area contributed by atoms with E-state index in [0.29, 0.717) is 5.69 Å². The van der Waals surface area contributed by atoms with E-state index >= 15 is 0 Å². The number of ether oxygens (including phenoxy) is 1. The van der Waals surface area contributed by atoms with Gasteiger partial charge in [-0.1, -0.05) is 0 Å². The van der Waals surface area contributed by atoms with Crippen LogP contribution in [0, 0.1) is 0 Å². The molecule has 4 nitrogen and oxygen atoms in total. The van der Waals surface area contributed by atoms with E-state index in [4.69, 9.17) is 9.84 Å². The first-order chi connectivity index (χ1) is 7.38. The van der Waals surface area contributed by atoms with Gasteiger partial charge in [0, 0.05) is 19.8 Å². The molecule has 0 aromatic heterocycles. The molecule has 88 valence electrons. The summed E-state index contributed by atoms with van der Waals surface area (Å²) in [5, 5.41) is 9.15. The van der Waals surface area contributed by atoms with Gasteiger partial charge in [-0.15, -0.1) is 0 Å². The highest BCUT2D eigenvalue weighted by Crippen LogP contribution is 2.21. The molecule has 16 heavy (non-hydrogen) atoms. The van der Waals surface area contributed by atoms with Crippen LogP contribution in [0.4, 0.5) is 5.69 Å². The highest BCUT2D eigenvalue weighted by atomic mass is 16.5. The minimum absolute atomic E-state index is 0.138. The number of aromatic hydroxyl groups is 1. The van der Waals surface area contributed by atoms with E-state index in [1.807, 2.05) is 0 Å². The maximum atomic E-state index is 12.0. The van der Waals surface area contributed by atoms with Crippen LogP contribution in [0.1, 0.15) is 13.8 Å². The number of carbonyl (C=O) groups excluding carboxylic acids is 1. The Kier molecular flexibility index (Phi) is 3.55. The van der Waals surface area contributed by atoms with Crippen molar-refractivity contribution in [1.82, 2.24) is 0 Å². The number of carbonyl (C=O) groups is 1. The van der Waals surface area contributed by atoms with Gasteiger partial charge in [0.25, 0.3) is 5.91 Å². The van der Waals surface area contributed by atoms with Crippen molar-refractivity contribution in [1.29, 1.82) is 0 Å². The van der Waals surface area contributed by atoms with Gasteiger partial charge >= 0.3 is 0 Å². The quantitative estimate of drug-likeness (QED) is 0.849. The van der Waals surface area contributed by atoms with Gasteiger partial charge in [0.2, 0.25) is 0 Å². The topological polar surface area (TPSA) is 49.8 Å². The molecule has 4 heteroatoms. The third-order valence-electron chi connectivity index (χ3n) is 2.57.